The first kappa shape index (κ1) is 44.0. The minimum absolute atomic E-state index is 0.228. The van der Waals surface area contributed by atoms with Crippen LogP contribution in [0.15, 0.2) is 271 Å². The Morgan fingerprint density at radius 2 is 0.974 bits per heavy atom. The van der Waals surface area contributed by atoms with Gasteiger partial charge in [-0.05, 0) is 116 Å². The molecule has 0 saturated heterocycles. The molecule has 0 atom stereocenters. The summed E-state index contributed by atoms with van der Waals surface area (Å²) in [6.45, 7) is 4.75. The number of nitrogens with zero attached hydrogens (tertiary/aromatic N) is 2. The lowest BCUT2D eigenvalue weighted by atomic mass is 9.67. The van der Waals surface area contributed by atoms with Crippen LogP contribution in [0.5, 0.6) is 0 Å². The average molecular weight is 971 g/mol. The Kier molecular flexibility index (Phi) is 9.83. The van der Waals surface area contributed by atoms with Crippen molar-refractivity contribution in [2.45, 2.75) is 24.7 Å². The molecule has 0 spiro atoms. The lowest BCUT2D eigenvalue weighted by Gasteiger charge is -2.35. The number of para-hydroxylation sites is 3. The highest BCUT2D eigenvalue weighted by Gasteiger charge is 2.48. The van der Waals surface area contributed by atoms with Crippen molar-refractivity contribution >= 4 is 49.9 Å². The number of aromatic nitrogens is 1. The van der Waals surface area contributed by atoms with Crippen molar-refractivity contribution in [3.63, 3.8) is 0 Å². The van der Waals surface area contributed by atoms with Crippen LogP contribution >= 0.6 is 0 Å². The maximum atomic E-state index is 6.63. The minimum Gasteiger partial charge on any atom is -0.455 e. The first-order valence-electron chi connectivity index (χ1n) is 26.4. The molecule has 0 saturated carbocycles. The molecule has 358 valence electrons. The summed E-state index contributed by atoms with van der Waals surface area (Å²) in [6.07, 6.45) is 0. The van der Waals surface area contributed by atoms with Gasteiger partial charge < -0.3 is 9.32 Å². The molecule has 0 aliphatic heterocycles. The van der Waals surface area contributed by atoms with Gasteiger partial charge in [-0.15, -0.1) is 0 Å². The summed E-state index contributed by atoms with van der Waals surface area (Å²) in [5, 5.41) is 3.34. The van der Waals surface area contributed by atoms with Crippen LogP contribution in [0, 0.1) is 0 Å². The number of anilines is 3. The van der Waals surface area contributed by atoms with Gasteiger partial charge in [0.2, 0.25) is 0 Å². The van der Waals surface area contributed by atoms with Gasteiger partial charge in [-0.1, -0.05) is 226 Å². The van der Waals surface area contributed by atoms with Gasteiger partial charge >= 0.3 is 0 Å². The number of rotatable bonds is 8. The summed E-state index contributed by atoms with van der Waals surface area (Å²) >= 11 is 0. The number of benzene rings is 11. The summed E-state index contributed by atoms with van der Waals surface area (Å²) in [4.78, 5) is 8.21. The van der Waals surface area contributed by atoms with Crippen LogP contribution in [0.4, 0.5) is 17.1 Å². The maximum Gasteiger partial charge on any atom is 0.143 e. The number of furan rings is 1. The maximum absolute atomic E-state index is 6.63. The van der Waals surface area contributed by atoms with Crippen LogP contribution in [0.2, 0.25) is 0 Å². The summed E-state index contributed by atoms with van der Waals surface area (Å²) in [5.41, 5.74) is 23.8. The van der Waals surface area contributed by atoms with E-state index in [2.05, 4.69) is 280 Å². The Morgan fingerprint density at radius 3 is 1.75 bits per heavy atom. The molecule has 0 amide bonds. The monoisotopic (exact) mass is 970 g/mol. The highest BCUT2D eigenvalue weighted by Crippen LogP contribution is 2.61. The van der Waals surface area contributed by atoms with E-state index < -0.39 is 5.41 Å². The van der Waals surface area contributed by atoms with Crippen molar-refractivity contribution in [2.75, 3.05) is 4.90 Å². The third-order valence-corrected chi connectivity index (χ3v) is 16.5. The van der Waals surface area contributed by atoms with Crippen LogP contribution in [-0.4, -0.2) is 4.98 Å². The zero-order chi connectivity index (χ0) is 50.5. The topological polar surface area (TPSA) is 29.3 Å². The molecule has 76 heavy (non-hydrogen) atoms. The Morgan fingerprint density at radius 1 is 0.382 bits per heavy atom. The number of hydrogen-bond donors (Lipinski definition) is 0. The largest absolute Gasteiger partial charge is 0.455 e. The third kappa shape index (κ3) is 6.52. The van der Waals surface area contributed by atoms with Crippen molar-refractivity contribution in [1.29, 1.82) is 0 Å². The normalized spacial score (nSPS) is 13.6. The Bertz CT molecular complexity index is 4380. The lowest BCUT2D eigenvalue weighted by Crippen LogP contribution is -2.28. The van der Waals surface area contributed by atoms with Gasteiger partial charge in [0, 0.05) is 55.2 Å². The second kappa shape index (κ2) is 17.0. The van der Waals surface area contributed by atoms with E-state index in [0.29, 0.717) is 0 Å². The molecular formula is C73H50N2O. The molecule has 11 aromatic carbocycles. The van der Waals surface area contributed by atoms with Gasteiger partial charge in [0.25, 0.3) is 0 Å². The molecule has 0 unspecified atom stereocenters. The Hall–Kier alpha value is -9.57. The van der Waals surface area contributed by atoms with Crippen LogP contribution in [-0.2, 0) is 10.8 Å². The molecule has 2 heterocycles. The number of hydrogen-bond acceptors (Lipinski definition) is 3. The quantitative estimate of drug-likeness (QED) is 0.152. The molecule has 0 bridgehead atoms. The number of pyridine rings is 1. The summed E-state index contributed by atoms with van der Waals surface area (Å²) < 4.78 is 6.63. The van der Waals surface area contributed by atoms with Gasteiger partial charge in [-0.25, -0.2) is 4.98 Å². The summed E-state index contributed by atoms with van der Waals surface area (Å²) in [7, 11) is 0. The highest BCUT2D eigenvalue weighted by molar-refractivity contribution is 6.10. The molecular weight excluding hydrogens is 921 g/mol. The molecule has 13 aromatic rings. The summed E-state index contributed by atoms with van der Waals surface area (Å²) in [6, 6.07) is 97.9. The molecule has 2 aliphatic rings. The van der Waals surface area contributed by atoms with Crippen molar-refractivity contribution in [1.82, 2.24) is 4.98 Å². The standard InChI is InChI=1S/C73H50N2O/c1-72(2)62-33-16-13-28-56(62)57-42-41-54(46-64(57)72)75(53-39-37-48(38-40-53)55-31-20-32-59-58-29-15-19-36-68(58)76-71(55)59)67-45-50(70-61(47-21-6-3-7-22-47)43-49-23-12-18-35-66(49)74-70)44-65-69(67)60-30-14-17-34-63(60)73(65,51-24-8-4-9-25-51)52-26-10-5-11-27-52/h3-46H,1-2H3. The van der Waals surface area contributed by atoms with E-state index in [1.54, 1.807) is 0 Å². The molecule has 3 nitrogen and oxygen atoms in total. The van der Waals surface area contributed by atoms with E-state index in [0.717, 1.165) is 83.4 Å². The molecule has 0 radical (unpaired) electrons. The zero-order valence-corrected chi connectivity index (χ0v) is 42.2. The van der Waals surface area contributed by atoms with E-state index in [4.69, 9.17) is 9.40 Å². The van der Waals surface area contributed by atoms with Crippen LogP contribution in [0.25, 0.3) is 88.6 Å². The van der Waals surface area contributed by atoms with Gasteiger partial charge in [0.1, 0.15) is 11.2 Å². The van der Waals surface area contributed by atoms with E-state index in [9.17, 15) is 0 Å². The molecule has 3 heteroatoms. The molecule has 15 rings (SSSR count). The Labute approximate surface area is 442 Å². The van der Waals surface area contributed by atoms with Gasteiger partial charge in [0.15, 0.2) is 0 Å². The molecule has 0 fully saturated rings. The van der Waals surface area contributed by atoms with Crippen LogP contribution in [0.1, 0.15) is 47.2 Å². The number of fused-ring (bicyclic) bond motifs is 10. The Balaban J connectivity index is 1.06. The fraction of sp³-hybridized carbons (Fsp3) is 0.0548. The van der Waals surface area contributed by atoms with Crippen molar-refractivity contribution in [2.24, 2.45) is 0 Å². The van der Waals surface area contributed by atoms with E-state index in [-0.39, 0.29) is 5.41 Å². The first-order chi connectivity index (χ1) is 37.4. The first-order valence-corrected chi connectivity index (χ1v) is 26.4. The van der Waals surface area contributed by atoms with E-state index in [1.165, 1.54) is 55.6 Å². The highest BCUT2D eigenvalue weighted by atomic mass is 16.3. The molecule has 2 aliphatic carbocycles. The van der Waals surface area contributed by atoms with Gasteiger partial charge in [-0.3, -0.25) is 0 Å². The van der Waals surface area contributed by atoms with Crippen molar-refractivity contribution in [3.8, 4) is 55.8 Å². The fourth-order valence-electron chi connectivity index (χ4n) is 13.1. The molecule has 2 aromatic heterocycles. The van der Waals surface area contributed by atoms with Crippen molar-refractivity contribution < 1.29 is 4.42 Å². The van der Waals surface area contributed by atoms with Gasteiger partial charge in [-0.2, -0.15) is 0 Å². The molecule has 0 N–H and O–H groups in total. The lowest BCUT2D eigenvalue weighted by molar-refractivity contribution is 0.660. The van der Waals surface area contributed by atoms with Gasteiger partial charge in [0.05, 0.1) is 22.3 Å². The smallest absolute Gasteiger partial charge is 0.143 e. The second-order valence-corrected chi connectivity index (χ2v) is 21.0. The second-order valence-electron chi connectivity index (χ2n) is 21.0. The predicted molar refractivity (Wildman–Crippen MR) is 315 cm³/mol. The van der Waals surface area contributed by atoms with Crippen LogP contribution < -0.4 is 4.90 Å². The predicted octanol–water partition coefficient (Wildman–Crippen LogP) is 19.3. The SMILES string of the molecule is CC1(C)c2ccccc2-c2ccc(N(c3ccc(-c4cccc5c4oc4ccccc45)cc3)c3cc(-c4nc5ccccc5cc4-c4ccccc4)cc4c3-c3ccccc3C4(c3ccccc3)c3ccccc3)cc21. The van der Waals surface area contributed by atoms with Crippen molar-refractivity contribution in [3.05, 3.63) is 300 Å². The van der Waals surface area contributed by atoms with E-state index in [1.807, 2.05) is 6.07 Å². The third-order valence-electron chi connectivity index (χ3n) is 16.5. The summed E-state index contributed by atoms with van der Waals surface area (Å²) in [5.74, 6) is 0. The minimum atomic E-state index is -0.689. The van der Waals surface area contributed by atoms with E-state index >= 15 is 0 Å². The zero-order valence-electron chi connectivity index (χ0n) is 42.2. The fourth-order valence-corrected chi connectivity index (χ4v) is 13.1. The van der Waals surface area contributed by atoms with Crippen LogP contribution in [0.3, 0.4) is 0 Å². The average Bonchev–Trinajstić information content (AvgIpc) is 4.09.